The molecule has 0 aliphatic carbocycles. The van der Waals surface area contributed by atoms with Crippen molar-refractivity contribution in [1.82, 2.24) is 30.1 Å². The molecule has 0 radical (unpaired) electrons. The molecule has 6 aromatic rings. The first kappa shape index (κ1) is 79.9. The van der Waals surface area contributed by atoms with Gasteiger partial charge in [0.15, 0.2) is 21.3 Å². The number of sulfone groups is 1. The molecule has 0 unspecified atom stereocenters. The Kier molecular flexibility index (Phi) is 29.0. The quantitative estimate of drug-likeness (QED) is 0.0259. The highest BCUT2D eigenvalue weighted by Gasteiger charge is 2.38. The lowest BCUT2D eigenvalue weighted by Gasteiger charge is -2.16. The van der Waals surface area contributed by atoms with Crippen LogP contribution in [0.3, 0.4) is 0 Å². The Bertz CT molecular complexity index is 4470. The van der Waals surface area contributed by atoms with E-state index in [9.17, 15) is 77.8 Å². The summed E-state index contributed by atoms with van der Waals surface area (Å²) < 4.78 is 136. The number of para-hydroxylation sites is 2. The van der Waals surface area contributed by atoms with Crippen molar-refractivity contribution in [1.29, 1.82) is 0 Å². The van der Waals surface area contributed by atoms with E-state index < -0.39 is 71.3 Å². The predicted octanol–water partition coefficient (Wildman–Crippen LogP) is 3.87. The van der Waals surface area contributed by atoms with Gasteiger partial charge in [-0.1, -0.05) is 42.5 Å². The van der Waals surface area contributed by atoms with Gasteiger partial charge in [-0.05, 0) is 147 Å². The molecular weight excluding hydrogens is 1430 g/mol. The average molecular weight is 1510 g/mol. The maximum Gasteiger partial charge on any atom is 0.326 e. The fourth-order valence-corrected chi connectivity index (χ4v) is 14.6. The molecule has 9 rings (SSSR count). The average Bonchev–Trinajstić information content (AvgIpc) is 1.67. The molecule has 32 nitrogen and oxygen atoms in total. The summed E-state index contributed by atoms with van der Waals surface area (Å²) >= 11 is 0. The Morgan fingerprint density at radius 3 is 1.18 bits per heavy atom. The van der Waals surface area contributed by atoms with E-state index in [4.69, 9.17) is 28.4 Å². The molecule has 3 aliphatic heterocycles. The summed E-state index contributed by atoms with van der Waals surface area (Å²) in [4.78, 5) is 70.6. The molecule has 9 N–H and O–H groups in total. The molecule has 36 heteroatoms. The number of benzene rings is 6. The molecule has 6 amide bonds. The molecule has 103 heavy (non-hydrogen) atoms. The van der Waals surface area contributed by atoms with E-state index in [1.165, 1.54) is 42.5 Å². The lowest BCUT2D eigenvalue weighted by Crippen LogP contribution is -2.29. The number of phenols is 3. The fraction of sp³-hybridized carbons (Fsp3) is 0.373. The molecule has 558 valence electrons. The third kappa shape index (κ3) is 24.1. The zero-order valence-corrected chi connectivity index (χ0v) is 60.1. The number of carbonyl (C=O) groups excluding carboxylic acids is 6. The number of aromatic hydroxyl groups is 3. The number of methoxy groups -OCH3 is 3. The Morgan fingerprint density at radius 1 is 0.447 bits per heavy atom. The zero-order chi connectivity index (χ0) is 74.9. The van der Waals surface area contributed by atoms with E-state index in [0.717, 1.165) is 56.4 Å². The number of phenolic OH excluding ortho intramolecular Hbond substituents is 3. The molecule has 3 aliphatic rings. The molecule has 0 spiro atoms. The highest BCUT2D eigenvalue weighted by molar-refractivity contribution is 7.92. The maximum atomic E-state index is 12.1. The number of aryl methyl sites for hydroxylation is 3. The summed E-state index contributed by atoms with van der Waals surface area (Å²) in [7, 11) is -10.7. The summed E-state index contributed by atoms with van der Waals surface area (Å²) in [5, 5.41) is 39.1. The molecule has 0 atom stereocenters. The van der Waals surface area contributed by atoms with Crippen LogP contribution in [0.2, 0.25) is 0 Å². The molecule has 3 saturated heterocycles. The Morgan fingerprint density at radius 2 is 0.816 bits per heavy atom. The van der Waals surface area contributed by atoms with Gasteiger partial charge in [0.1, 0.15) is 59.0 Å². The van der Waals surface area contributed by atoms with Crippen molar-refractivity contribution >= 4 is 93.0 Å². The minimum atomic E-state index is -4.02. The summed E-state index contributed by atoms with van der Waals surface area (Å²) in [6.07, 6.45) is 7.05. The van der Waals surface area contributed by atoms with Crippen LogP contribution in [0.5, 0.6) is 51.7 Å². The van der Waals surface area contributed by atoms with E-state index in [0.29, 0.717) is 111 Å². The van der Waals surface area contributed by atoms with Crippen molar-refractivity contribution in [2.45, 2.75) is 81.9 Å². The van der Waals surface area contributed by atoms with E-state index in [-0.39, 0.29) is 82.7 Å². The van der Waals surface area contributed by atoms with E-state index >= 15 is 0 Å². The second-order valence-corrected chi connectivity index (χ2v) is 30.0. The highest BCUT2D eigenvalue weighted by atomic mass is 32.2. The topological polar surface area (TPSA) is 437 Å². The van der Waals surface area contributed by atoms with Crippen LogP contribution in [0.1, 0.15) is 74.5 Å². The summed E-state index contributed by atoms with van der Waals surface area (Å²) in [5.74, 6) is 0.166. The SMILES string of the molecule is COc1cccc(OCCCCNC(=O)CCc2ccc(N3CC(=O)NS3(=O)=O)c(O)c2)c1.COc1cccc(OCCCCNC(=O)CCc2ccc(N3CC(=O)NS3(=O)=O)c(O)c2)c1OC.CS(=O)(=O)c1ccccc1OCCCCNC(=O)CCc1ccc(N2CC(=O)NS2(=O)=O)c(O)c1. The number of ether oxygens (including phenoxy) is 6. The van der Waals surface area contributed by atoms with Gasteiger partial charge in [-0.15, -0.1) is 0 Å². The molecule has 3 heterocycles. The summed E-state index contributed by atoms with van der Waals surface area (Å²) in [6.45, 7) is 1.55. The first-order valence-corrected chi connectivity index (χ1v) is 38.5. The lowest BCUT2D eigenvalue weighted by atomic mass is 10.1. The number of hydrogen-bond acceptors (Lipinski definition) is 23. The van der Waals surface area contributed by atoms with Gasteiger partial charge in [0.05, 0.1) is 58.2 Å². The van der Waals surface area contributed by atoms with Crippen molar-refractivity contribution in [3.05, 3.63) is 138 Å². The number of amides is 6. The number of nitrogens with zero attached hydrogens (tertiary/aromatic N) is 3. The van der Waals surface area contributed by atoms with E-state index in [2.05, 4.69) is 16.0 Å². The smallest absolute Gasteiger partial charge is 0.326 e. The fourth-order valence-electron chi connectivity index (χ4n) is 10.3. The number of hydrogen-bond donors (Lipinski definition) is 9. The first-order chi connectivity index (χ1) is 49.0. The van der Waals surface area contributed by atoms with E-state index in [1.807, 2.05) is 44.5 Å². The van der Waals surface area contributed by atoms with Gasteiger partial charge in [-0.25, -0.2) is 35.5 Å². The minimum Gasteiger partial charge on any atom is -0.506 e. The molecular formula is C67H83N9O23S4. The van der Waals surface area contributed by atoms with Crippen LogP contribution >= 0.6 is 0 Å². The van der Waals surface area contributed by atoms with Crippen LogP contribution in [-0.4, -0.2) is 171 Å². The number of nitrogens with one attached hydrogen (secondary N) is 6. The van der Waals surface area contributed by atoms with Crippen molar-refractivity contribution < 1.29 is 106 Å². The van der Waals surface area contributed by atoms with Crippen LogP contribution < -0.4 is 71.5 Å². The molecule has 0 aromatic heterocycles. The molecule has 6 aromatic carbocycles. The number of anilines is 3. The van der Waals surface area contributed by atoms with Crippen LogP contribution in [0.15, 0.2) is 126 Å². The monoisotopic (exact) mass is 1510 g/mol. The van der Waals surface area contributed by atoms with Gasteiger partial charge < -0.3 is 59.7 Å². The highest BCUT2D eigenvalue weighted by Crippen LogP contribution is 2.38. The standard InChI is InChI=1S/C23H29N3O8S.C22H27N3O8S2.C22H27N3O7S/c1-32-19-6-5-7-20(23(19)33-2)34-13-4-3-12-24-21(28)11-9-16-8-10-17(18(27)14-16)26-15-22(29)25-35(26,30)31;1-34(29,30)20-7-3-2-6-19(20)33-13-5-4-12-23-21(27)11-9-16-8-10-17(18(26)14-16)25-15-22(28)24-35(25,31)32;1-31-17-5-4-6-18(14-17)32-12-3-2-11-23-21(27)10-8-16-7-9-19(20(26)13-16)25-15-22(28)24-33(25,29)30/h5-8,10,14,27H,3-4,9,11-13,15H2,1-2H3,(H,24,28)(H,25,29);2-3,6-8,10,14,26H,4-5,9,11-13,15H2,1H3,(H,23,27)(H,24,28);4-7,9,13-14,26H,2-3,8,10-12,15H2,1H3,(H,23,27)(H,24,28). The Hall–Kier alpha value is -10.5. The van der Waals surface area contributed by atoms with Crippen molar-refractivity contribution in [2.24, 2.45) is 0 Å². The van der Waals surface area contributed by atoms with Crippen molar-refractivity contribution in [3.8, 4) is 51.7 Å². The van der Waals surface area contributed by atoms with Crippen molar-refractivity contribution in [3.63, 3.8) is 0 Å². The second-order valence-electron chi connectivity index (χ2n) is 23.2. The van der Waals surface area contributed by atoms with Gasteiger partial charge >= 0.3 is 30.6 Å². The van der Waals surface area contributed by atoms with Gasteiger partial charge in [0, 0.05) is 51.2 Å². The minimum absolute atomic E-state index is 0.00494. The number of rotatable bonds is 34. The lowest BCUT2D eigenvalue weighted by molar-refractivity contribution is -0.121. The van der Waals surface area contributed by atoms with Crippen LogP contribution in [0, 0.1) is 0 Å². The first-order valence-electron chi connectivity index (χ1n) is 32.3. The number of unbranched alkanes of at least 4 members (excludes halogenated alkanes) is 3. The van der Waals surface area contributed by atoms with E-state index in [1.54, 1.807) is 69.9 Å². The van der Waals surface area contributed by atoms with Crippen molar-refractivity contribution in [2.75, 3.05) is 99.6 Å². The molecule has 3 fully saturated rings. The third-order valence-corrected chi connectivity index (χ3v) is 20.7. The van der Waals surface area contributed by atoms with Gasteiger partial charge in [0.25, 0.3) is 17.7 Å². The largest absolute Gasteiger partial charge is 0.506 e. The predicted molar refractivity (Wildman–Crippen MR) is 378 cm³/mol. The van der Waals surface area contributed by atoms with Crippen LogP contribution in [0.4, 0.5) is 17.1 Å². The van der Waals surface area contributed by atoms with Crippen LogP contribution in [0.25, 0.3) is 0 Å². The second kappa shape index (κ2) is 37.5. The zero-order valence-electron chi connectivity index (χ0n) is 56.9. The maximum absolute atomic E-state index is 12.1. The number of carbonyl (C=O) groups is 6. The van der Waals surface area contributed by atoms with Gasteiger partial charge in [0.2, 0.25) is 23.5 Å². The Labute approximate surface area is 597 Å². The summed E-state index contributed by atoms with van der Waals surface area (Å²) in [6, 6.07) is 32.4. The summed E-state index contributed by atoms with van der Waals surface area (Å²) in [5.41, 5.74) is 1.98. The molecule has 0 bridgehead atoms. The normalized spacial score (nSPS) is 14.6. The van der Waals surface area contributed by atoms with Crippen LogP contribution in [-0.2, 0) is 88.5 Å². The van der Waals surface area contributed by atoms with Gasteiger partial charge in [-0.3, -0.25) is 28.8 Å². The molecule has 0 saturated carbocycles. The Balaban J connectivity index is 0.000000216. The van der Waals surface area contributed by atoms with Gasteiger partial charge in [-0.2, -0.15) is 25.3 Å². The third-order valence-electron chi connectivity index (χ3n) is 15.4.